The molecule has 0 radical (unpaired) electrons. The summed E-state index contributed by atoms with van der Waals surface area (Å²) in [5.74, 6) is 1.29. The summed E-state index contributed by atoms with van der Waals surface area (Å²) in [7, 11) is 3.84. The number of nitrogens with zero attached hydrogens (tertiary/aromatic N) is 3. The summed E-state index contributed by atoms with van der Waals surface area (Å²) in [6.45, 7) is 8.06. The molecule has 1 atom stereocenters. The van der Waals surface area contributed by atoms with Crippen molar-refractivity contribution in [2.75, 3.05) is 53.4 Å². The molecule has 1 aliphatic heterocycles. The normalized spacial score (nSPS) is 19.9. The van der Waals surface area contributed by atoms with Gasteiger partial charge in [0, 0.05) is 44.7 Å². The highest BCUT2D eigenvalue weighted by atomic mass is 16.5. The highest BCUT2D eigenvalue weighted by Crippen LogP contribution is 2.38. The van der Waals surface area contributed by atoms with Gasteiger partial charge in [-0.25, -0.2) is 4.98 Å². The van der Waals surface area contributed by atoms with Crippen LogP contribution in [0.1, 0.15) is 40.5 Å². The maximum atomic E-state index is 13.7. The Labute approximate surface area is 214 Å². The van der Waals surface area contributed by atoms with Crippen LogP contribution >= 0.6 is 0 Å². The highest BCUT2D eigenvalue weighted by Gasteiger charge is 2.28. The molecule has 2 heterocycles. The molecule has 1 aliphatic carbocycles. The summed E-state index contributed by atoms with van der Waals surface area (Å²) in [5, 5.41) is 4.17. The molecule has 5 rings (SSSR count). The Morgan fingerprint density at radius 2 is 1.83 bits per heavy atom. The average molecular weight is 485 g/mol. The zero-order valence-electron chi connectivity index (χ0n) is 21.6. The van der Waals surface area contributed by atoms with E-state index >= 15 is 0 Å². The third-order valence-corrected chi connectivity index (χ3v) is 7.41. The molecule has 1 aromatic heterocycles. The van der Waals surface area contributed by atoms with E-state index in [1.165, 1.54) is 5.57 Å². The van der Waals surface area contributed by atoms with Crippen LogP contribution in [0, 0.1) is 5.92 Å². The lowest BCUT2D eigenvalue weighted by molar-refractivity contribution is 0.0941. The predicted octanol–water partition coefficient (Wildman–Crippen LogP) is 4.34. The number of carbonyl (C=O) groups excluding carboxylic acids is 1. The molecule has 3 aromatic rings. The summed E-state index contributed by atoms with van der Waals surface area (Å²) in [4.78, 5) is 23.5. The Morgan fingerprint density at radius 3 is 2.58 bits per heavy atom. The summed E-state index contributed by atoms with van der Waals surface area (Å²) in [5.41, 5.74) is 6.00. The largest absolute Gasteiger partial charge is 0.497 e. The van der Waals surface area contributed by atoms with E-state index in [0.717, 1.165) is 84.6 Å². The topological polar surface area (TPSA) is 57.7 Å². The summed E-state index contributed by atoms with van der Waals surface area (Å²) >= 11 is 0. The van der Waals surface area contributed by atoms with Crippen molar-refractivity contribution in [1.82, 2.24) is 20.1 Å². The van der Waals surface area contributed by atoms with Gasteiger partial charge in [-0.3, -0.25) is 9.69 Å². The molecular weight excluding hydrogens is 448 g/mol. The van der Waals surface area contributed by atoms with Gasteiger partial charge in [0.05, 0.1) is 23.9 Å². The number of amides is 1. The van der Waals surface area contributed by atoms with E-state index in [4.69, 9.17) is 9.72 Å². The van der Waals surface area contributed by atoms with Crippen molar-refractivity contribution in [3.8, 4) is 5.75 Å². The zero-order valence-corrected chi connectivity index (χ0v) is 21.6. The maximum absolute atomic E-state index is 13.7. The second-order valence-corrected chi connectivity index (χ2v) is 10.2. The fourth-order valence-corrected chi connectivity index (χ4v) is 5.38. The summed E-state index contributed by atoms with van der Waals surface area (Å²) in [6.07, 6.45) is 4.01. The molecule has 1 saturated heterocycles. The number of rotatable bonds is 6. The number of benzene rings is 2. The Bertz CT molecular complexity index is 1260. The zero-order chi connectivity index (χ0) is 25.1. The number of likely N-dealkylation sites (N-methyl/N-ethyl adjacent to an activating group) is 1. The molecule has 1 amide bonds. The van der Waals surface area contributed by atoms with E-state index in [0.29, 0.717) is 12.5 Å². The van der Waals surface area contributed by atoms with Gasteiger partial charge in [0.1, 0.15) is 5.75 Å². The number of piperazine rings is 1. The molecule has 36 heavy (non-hydrogen) atoms. The van der Waals surface area contributed by atoms with Gasteiger partial charge < -0.3 is 15.0 Å². The third-order valence-electron chi connectivity index (χ3n) is 7.41. The number of methoxy groups -OCH3 is 1. The van der Waals surface area contributed by atoms with E-state index in [-0.39, 0.29) is 5.91 Å². The van der Waals surface area contributed by atoms with Gasteiger partial charge in [-0.05, 0) is 66.8 Å². The molecule has 2 aromatic carbocycles. The van der Waals surface area contributed by atoms with Crippen molar-refractivity contribution in [2.24, 2.45) is 5.92 Å². The lowest BCUT2D eigenvalue weighted by Crippen LogP contribution is -2.47. The molecule has 2 aliphatic rings. The van der Waals surface area contributed by atoms with Crippen LogP contribution in [0.2, 0.25) is 0 Å². The molecule has 1 N–H and O–H groups in total. The number of ether oxygens (including phenoxy) is 1. The molecule has 6 nitrogen and oxygen atoms in total. The molecule has 188 valence electrons. The van der Waals surface area contributed by atoms with Crippen molar-refractivity contribution < 1.29 is 9.53 Å². The van der Waals surface area contributed by atoms with Crippen molar-refractivity contribution in [1.29, 1.82) is 0 Å². The molecule has 0 saturated carbocycles. The van der Waals surface area contributed by atoms with Crippen LogP contribution in [0.15, 0.2) is 48.5 Å². The van der Waals surface area contributed by atoms with Gasteiger partial charge >= 0.3 is 0 Å². The molecule has 1 unspecified atom stereocenters. The monoisotopic (exact) mass is 484 g/mol. The Balaban J connectivity index is 1.46. The number of allylic oxidation sites excluding steroid dienone is 1. The highest BCUT2D eigenvalue weighted by molar-refractivity contribution is 6.09. The van der Waals surface area contributed by atoms with Gasteiger partial charge in [0.25, 0.3) is 5.91 Å². The lowest BCUT2D eigenvalue weighted by Gasteiger charge is -2.32. The standard InChI is InChI=1S/C30H36N4O2/c1-21-18-23(20-22-8-10-24(36-3)11-9-22)29-26(19-21)28(25-6-4-5-7-27(25)32-29)30(35)31-12-13-34-16-14-33(2)15-17-34/h4-11,20-21H,12-19H2,1-3H3,(H,31,35)/b23-20-. The number of nitrogens with one attached hydrogen (secondary N) is 1. The number of fused-ring (bicyclic) bond motifs is 2. The molecule has 6 heteroatoms. The Morgan fingerprint density at radius 1 is 1.08 bits per heavy atom. The number of hydrogen-bond acceptors (Lipinski definition) is 5. The molecular formula is C30H36N4O2. The van der Waals surface area contributed by atoms with Gasteiger partial charge in [0.15, 0.2) is 0 Å². The first kappa shape index (κ1) is 24.5. The van der Waals surface area contributed by atoms with Crippen molar-refractivity contribution in [3.05, 3.63) is 70.9 Å². The summed E-state index contributed by atoms with van der Waals surface area (Å²) < 4.78 is 5.32. The van der Waals surface area contributed by atoms with Gasteiger partial charge in [-0.1, -0.05) is 37.3 Å². The van der Waals surface area contributed by atoms with Crippen LogP contribution in [0.4, 0.5) is 0 Å². The minimum Gasteiger partial charge on any atom is -0.497 e. The smallest absolute Gasteiger partial charge is 0.252 e. The SMILES string of the molecule is COc1ccc(/C=C2/CC(C)Cc3c2nc2ccccc2c3C(=O)NCCN2CCN(C)CC2)cc1. The predicted molar refractivity (Wildman–Crippen MR) is 146 cm³/mol. The van der Waals surface area contributed by atoms with Crippen LogP contribution in [0.25, 0.3) is 22.6 Å². The van der Waals surface area contributed by atoms with Crippen LogP contribution < -0.4 is 10.1 Å². The van der Waals surface area contributed by atoms with E-state index in [9.17, 15) is 4.79 Å². The fraction of sp³-hybridized carbons (Fsp3) is 0.400. The molecule has 0 bridgehead atoms. The first-order valence-electron chi connectivity index (χ1n) is 13.0. The van der Waals surface area contributed by atoms with Crippen molar-refractivity contribution in [2.45, 2.75) is 19.8 Å². The first-order chi connectivity index (χ1) is 17.5. The quantitative estimate of drug-likeness (QED) is 0.564. The second-order valence-electron chi connectivity index (χ2n) is 10.2. The molecule has 0 spiro atoms. The number of hydrogen-bond donors (Lipinski definition) is 1. The van der Waals surface area contributed by atoms with Crippen LogP contribution in [-0.2, 0) is 6.42 Å². The van der Waals surface area contributed by atoms with Crippen molar-refractivity contribution >= 4 is 28.5 Å². The summed E-state index contributed by atoms with van der Waals surface area (Å²) in [6, 6.07) is 16.1. The molecule has 1 fully saturated rings. The Hall–Kier alpha value is -3.22. The van der Waals surface area contributed by atoms with E-state index < -0.39 is 0 Å². The second kappa shape index (κ2) is 10.8. The Kier molecular flexibility index (Phi) is 7.35. The number of carbonyl (C=O) groups is 1. The van der Waals surface area contributed by atoms with Crippen LogP contribution in [0.5, 0.6) is 5.75 Å². The maximum Gasteiger partial charge on any atom is 0.252 e. The number of pyridine rings is 1. The number of para-hydroxylation sites is 1. The van der Waals surface area contributed by atoms with E-state index in [1.807, 2.05) is 36.4 Å². The minimum absolute atomic E-state index is 0.0110. The van der Waals surface area contributed by atoms with E-state index in [1.54, 1.807) is 7.11 Å². The minimum atomic E-state index is 0.0110. The average Bonchev–Trinajstić information content (AvgIpc) is 2.89. The van der Waals surface area contributed by atoms with Crippen LogP contribution in [-0.4, -0.2) is 74.1 Å². The van der Waals surface area contributed by atoms with Crippen molar-refractivity contribution in [3.63, 3.8) is 0 Å². The van der Waals surface area contributed by atoms with Gasteiger partial charge in [-0.15, -0.1) is 0 Å². The van der Waals surface area contributed by atoms with Crippen LogP contribution in [0.3, 0.4) is 0 Å². The number of aromatic nitrogens is 1. The lowest BCUT2D eigenvalue weighted by atomic mass is 9.80. The first-order valence-corrected chi connectivity index (χ1v) is 13.0. The third kappa shape index (κ3) is 5.30. The fourth-order valence-electron chi connectivity index (χ4n) is 5.38. The van der Waals surface area contributed by atoms with Gasteiger partial charge in [0.2, 0.25) is 0 Å². The van der Waals surface area contributed by atoms with Gasteiger partial charge in [-0.2, -0.15) is 0 Å². The van der Waals surface area contributed by atoms with E-state index in [2.05, 4.69) is 47.3 Å².